The van der Waals surface area contributed by atoms with Gasteiger partial charge in [0.05, 0.1) is 0 Å². The third kappa shape index (κ3) is 5.43. The first-order valence-corrected chi connectivity index (χ1v) is 8.70. The van der Waals surface area contributed by atoms with E-state index in [2.05, 4.69) is 24.1 Å². The highest BCUT2D eigenvalue weighted by Crippen LogP contribution is 2.25. The maximum Gasteiger partial charge on any atom is 0.00388 e. The van der Waals surface area contributed by atoms with Gasteiger partial charge in [-0.25, -0.2) is 0 Å². The summed E-state index contributed by atoms with van der Waals surface area (Å²) in [7, 11) is 0. The van der Waals surface area contributed by atoms with E-state index in [4.69, 9.17) is 0 Å². The smallest absolute Gasteiger partial charge is 0.00388 e. The quantitative estimate of drug-likeness (QED) is 0.764. The topological polar surface area (TPSA) is 15.3 Å². The zero-order valence-corrected chi connectivity index (χ0v) is 13.2. The Morgan fingerprint density at radius 2 is 1.53 bits per heavy atom. The Kier molecular flexibility index (Phi) is 6.66. The Morgan fingerprint density at radius 1 is 0.895 bits per heavy atom. The number of hydrogen-bond acceptors (Lipinski definition) is 2. The van der Waals surface area contributed by atoms with Gasteiger partial charge in [0, 0.05) is 19.1 Å². The molecule has 1 saturated heterocycles. The normalized spacial score (nSPS) is 26.8. The van der Waals surface area contributed by atoms with Crippen molar-refractivity contribution in [2.45, 2.75) is 71.3 Å². The molecule has 2 fully saturated rings. The fraction of sp³-hybridized carbons (Fsp3) is 1.00. The fourth-order valence-electron chi connectivity index (χ4n) is 3.79. The molecule has 2 aliphatic rings. The van der Waals surface area contributed by atoms with Gasteiger partial charge in [-0.15, -0.1) is 0 Å². The molecule has 1 aliphatic carbocycles. The monoisotopic (exact) mass is 266 g/mol. The highest BCUT2D eigenvalue weighted by Gasteiger charge is 2.22. The van der Waals surface area contributed by atoms with Gasteiger partial charge in [-0.05, 0) is 64.5 Å². The van der Waals surface area contributed by atoms with Crippen LogP contribution in [0.3, 0.4) is 0 Å². The van der Waals surface area contributed by atoms with Crippen LogP contribution in [0.5, 0.6) is 0 Å². The predicted molar refractivity (Wildman–Crippen MR) is 83.5 cm³/mol. The average Bonchev–Trinajstić information content (AvgIpc) is 2.68. The largest absolute Gasteiger partial charge is 0.316 e. The molecule has 1 saturated carbocycles. The van der Waals surface area contributed by atoms with Crippen LogP contribution in [0.25, 0.3) is 0 Å². The predicted octanol–water partition coefficient (Wildman–Crippen LogP) is 3.67. The van der Waals surface area contributed by atoms with Gasteiger partial charge in [-0.1, -0.05) is 25.7 Å². The van der Waals surface area contributed by atoms with E-state index in [1.54, 1.807) is 0 Å². The van der Waals surface area contributed by atoms with Gasteiger partial charge >= 0.3 is 0 Å². The van der Waals surface area contributed by atoms with Crippen molar-refractivity contribution < 1.29 is 0 Å². The van der Waals surface area contributed by atoms with E-state index in [-0.39, 0.29) is 0 Å². The second kappa shape index (κ2) is 8.26. The Morgan fingerprint density at radius 3 is 2.11 bits per heavy atom. The minimum absolute atomic E-state index is 0.713. The van der Waals surface area contributed by atoms with Crippen LogP contribution < -0.4 is 5.32 Å². The van der Waals surface area contributed by atoms with Gasteiger partial charge in [-0.3, -0.25) is 0 Å². The summed E-state index contributed by atoms with van der Waals surface area (Å²) in [6.07, 6.45) is 11.7. The van der Waals surface area contributed by atoms with Crippen molar-refractivity contribution >= 4 is 0 Å². The molecule has 0 aromatic heterocycles. The van der Waals surface area contributed by atoms with Gasteiger partial charge < -0.3 is 10.2 Å². The lowest BCUT2D eigenvalue weighted by molar-refractivity contribution is 0.142. The van der Waals surface area contributed by atoms with E-state index in [0.29, 0.717) is 6.04 Å². The first-order valence-electron chi connectivity index (χ1n) is 8.70. The number of nitrogens with zero attached hydrogens (tertiary/aromatic N) is 1. The molecular formula is C17H34N2. The highest BCUT2D eigenvalue weighted by atomic mass is 15.2. The molecule has 2 rings (SSSR count). The molecular weight excluding hydrogens is 232 g/mol. The molecule has 1 N–H and O–H groups in total. The van der Waals surface area contributed by atoms with E-state index in [1.807, 2.05) is 0 Å². The third-order valence-electron chi connectivity index (χ3n) is 5.09. The maximum absolute atomic E-state index is 3.57. The zero-order chi connectivity index (χ0) is 13.5. The fourth-order valence-corrected chi connectivity index (χ4v) is 3.79. The number of hydrogen-bond donors (Lipinski definition) is 1. The van der Waals surface area contributed by atoms with Crippen molar-refractivity contribution in [3.05, 3.63) is 0 Å². The van der Waals surface area contributed by atoms with Crippen LogP contribution in [-0.2, 0) is 0 Å². The second-order valence-corrected chi connectivity index (χ2v) is 7.12. The molecule has 0 radical (unpaired) electrons. The van der Waals surface area contributed by atoms with Gasteiger partial charge in [0.2, 0.25) is 0 Å². The molecule has 2 nitrogen and oxygen atoms in total. The molecule has 0 aromatic carbocycles. The molecule has 0 bridgehead atoms. The molecule has 1 aliphatic heterocycles. The molecule has 2 heteroatoms. The number of rotatable bonds is 5. The lowest BCUT2D eigenvalue weighted by Gasteiger charge is -2.35. The summed E-state index contributed by atoms with van der Waals surface area (Å²) in [5.41, 5.74) is 0. The zero-order valence-electron chi connectivity index (χ0n) is 13.2. The van der Waals surface area contributed by atoms with Crippen LogP contribution >= 0.6 is 0 Å². The Balaban J connectivity index is 1.80. The third-order valence-corrected chi connectivity index (χ3v) is 5.09. The lowest BCUT2D eigenvalue weighted by atomic mass is 9.95. The van der Waals surface area contributed by atoms with Gasteiger partial charge in [-0.2, -0.15) is 0 Å². The molecule has 0 amide bonds. The lowest BCUT2D eigenvalue weighted by Crippen LogP contribution is -2.43. The Bertz CT molecular complexity index is 225. The summed E-state index contributed by atoms with van der Waals surface area (Å²) in [6, 6.07) is 0.713. The number of nitrogens with one attached hydrogen (secondary N) is 1. The first kappa shape index (κ1) is 15.3. The van der Waals surface area contributed by atoms with E-state index in [1.165, 1.54) is 77.5 Å². The minimum atomic E-state index is 0.713. The van der Waals surface area contributed by atoms with Crippen molar-refractivity contribution in [2.75, 3.05) is 26.2 Å². The SMILES string of the molecule is CC(C)N(CC1CCCCCC1)CC1CCCNC1. The number of piperidine rings is 1. The summed E-state index contributed by atoms with van der Waals surface area (Å²) in [5, 5.41) is 3.57. The maximum atomic E-state index is 3.57. The molecule has 112 valence electrons. The molecule has 1 heterocycles. The van der Waals surface area contributed by atoms with Crippen LogP contribution in [-0.4, -0.2) is 37.1 Å². The molecule has 0 aromatic rings. The summed E-state index contributed by atoms with van der Waals surface area (Å²) in [4.78, 5) is 2.77. The van der Waals surface area contributed by atoms with Gasteiger partial charge in [0.15, 0.2) is 0 Å². The van der Waals surface area contributed by atoms with Crippen LogP contribution in [0.15, 0.2) is 0 Å². The van der Waals surface area contributed by atoms with Crippen LogP contribution in [0.4, 0.5) is 0 Å². The highest BCUT2D eigenvalue weighted by molar-refractivity contribution is 4.77. The summed E-state index contributed by atoms with van der Waals surface area (Å²) in [5.74, 6) is 1.86. The van der Waals surface area contributed by atoms with Crippen molar-refractivity contribution in [1.82, 2.24) is 10.2 Å². The molecule has 0 spiro atoms. The van der Waals surface area contributed by atoms with E-state index >= 15 is 0 Å². The van der Waals surface area contributed by atoms with E-state index < -0.39 is 0 Å². The van der Waals surface area contributed by atoms with Crippen LogP contribution in [0.1, 0.15) is 65.2 Å². The van der Waals surface area contributed by atoms with Gasteiger partial charge in [0.25, 0.3) is 0 Å². The van der Waals surface area contributed by atoms with Crippen LogP contribution in [0.2, 0.25) is 0 Å². The minimum Gasteiger partial charge on any atom is -0.316 e. The van der Waals surface area contributed by atoms with Crippen molar-refractivity contribution in [3.8, 4) is 0 Å². The van der Waals surface area contributed by atoms with Gasteiger partial charge in [0.1, 0.15) is 0 Å². The molecule has 19 heavy (non-hydrogen) atoms. The summed E-state index contributed by atoms with van der Waals surface area (Å²) in [6.45, 7) is 9.92. The summed E-state index contributed by atoms with van der Waals surface area (Å²) < 4.78 is 0. The molecule has 1 unspecified atom stereocenters. The summed E-state index contributed by atoms with van der Waals surface area (Å²) >= 11 is 0. The Labute approximate surface area is 120 Å². The molecule has 1 atom stereocenters. The van der Waals surface area contributed by atoms with Crippen molar-refractivity contribution in [3.63, 3.8) is 0 Å². The Hall–Kier alpha value is -0.0800. The average molecular weight is 266 g/mol. The standard InChI is InChI=1S/C17H34N2/c1-15(2)19(14-17-10-7-11-18-12-17)13-16-8-5-3-4-6-9-16/h15-18H,3-14H2,1-2H3. The second-order valence-electron chi connectivity index (χ2n) is 7.12. The van der Waals surface area contributed by atoms with Crippen molar-refractivity contribution in [1.29, 1.82) is 0 Å². The van der Waals surface area contributed by atoms with E-state index in [0.717, 1.165) is 11.8 Å². The van der Waals surface area contributed by atoms with Crippen LogP contribution in [0, 0.1) is 11.8 Å². The van der Waals surface area contributed by atoms with E-state index in [9.17, 15) is 0 Å². The first-order chi connectivity index (χ1) is 9.25. The van der Waals surface area contributed by atoms with Crippen molar-refractivity contribution in [2.24, 2.45) is 11.8 Å².